The first-order valence-corrected chi connectivity index (χ1v) is 11.4. The molecule has 0 aliphatic heterocycles. The highest BCUT2D eigenvalue weighted by molar-refractivity contribution is 7.14. The summed E-state index contributed by atoms with van der Waals surface area (Å²) in [4.78, 5) is 9.49. The van der Waals surface area contributed by atoms with Crippen LogP contribution in [0.15, 0.2) is 78.8 Å². The second kappa shape index (κ2) is 8.44. The van der Waals surface area contributed by atoms with Crippen LogP contribution in [0.3, 0.4) is 0 Å². The zero-order chi connectivity index (χ0) is 22.9. The van der Waals surface area contributed by atoms with Crippen molar-refractivity contribution in [1.82, 2.24) is 14.4 Å². The van der Waals surface area contributed by atoms with Gasteiger partial charge in [-0.15, -0.1) is 11.3 Å². The van der Waals surface area contributed by atoms with Crippen LogP contribution in [0.25, 0.3) is 22.7 Å². The van der Waals surface area contributed by atoms with Crippen molar-refractivity contribution in [3.8, 4) is 11.4 Å². The molecule has 0 amide bonds. The normalized spacial score (nSPS) is 11.0. The van der Waals surface area contributed by atoms with Gasteiger partial charge in [0.2, 0.25) is 0 Å². The molecule has 4 N–H and O–H groups in total. The van der Waals surface area contributed by atoms with Crippen molar-refractivity contribution < 1.29 is 0 Å². The molecule has 3 aromatic heterocycles. The van der Waals surface area contributed by atoms with E-state index in [1.165, 1.54) is 5.56 Å². The number of pyridine rings is 1. The summed E-state index contributed by atoms with van der Waals surface area (Å²) in [6.45, 7) is 8.24. The molecule has 0 saturated carbocycles. The number of nitrogen functional groups attached to an aromatic ring is 1. The lowest BCUT2D eigenvalue weighted by Crippen LogP contribution is -2.00. The second-order valence-electron chi connectivity index (χ2n) is 7.91. The predicted molar refractivity (Wildman–Crippen MR) is 139 cm³/mol. The van der Waals surface area contributed by atoms with Gasteiger partial charge in [0.15, 0.2) is 5.13 Å². The number of nitrogens with one attached hydrogen (secondary N) is 2. The predicted octanol–water partition coefficient (Wildman–Crippen LogP) is 6.48. The molecule has 33 heavy (non-hydrogen) atoms. The molecule has 5 rings (SSSR count). The number of thiazole rings is 1. The summed E-state index contributed by atoms with van der Waals surface area (Å²) >= 11 is 1.57. The van der Waals surface area contributed by atoms with Gasteiger partial charge in [0, 0.05) is 23.0 Å². The first-order chi connectivity index (χ1) is 16.0. The van der Waals surface area contributed by atoms with E-state index >= 15 is 0 Å². The van der Waals surface area contributed by atoms with Crippen LogP contribution in [0, 0.1) is 13.8 Å². The first-order valence-electron chi connectivity index (χ1n) is 10.6. The molecule has 0 atom stereocenters. The number of imidazole rings is 1. The van der Waals surface area contributed by atoms with Gasteiger partial charge in [-0.1, -0.05) is 36.9 Å². The van der Waals surface area contributed by atoms with Gasteiger partial charge in [-0.2, -0.15) is 0 Å². The Kier molecular flexibility index (Phi) is 5.32. The van der Waals surface area contributed by atoms with Gasteiger partial charge in [0.05, 0.1) is 22.8 Å². The van der Waals surface area contributed by atoms with E-state index in [4.69, 9.17) is 10.7 Å². The molecule has 0 saturated heterocycles. The van der Waals surface area contributed by atoms with Gasteiger partial charge < -0.3 is 16.4 Å². The van der Waals surface area contributed by atoms with Crippen molar-refractivity contribution in [2.45, 2.75) is 13.8 Å². The molecule has 3 heterocycles. The average Bonchev–Trinajstić information content (AvgIpc) is 3.38. The van der Waals surface area contributed by atoms with Crippen molar-refractivity contribution in [2.75, 3.05) is 16.4 Å². The van der Waals surface area contributed by atoms with E-state index in [9.17, 15) is 0 Å². The smallest absolute Gasteiger partial charge is 0.187 e. The number of rotatable bonds is 6. The summed E-state index contributed by atoms with van der Waals surface area (Å²) in [5, 5.41) is 9.57. The van der Waals surface area contributed by atoms with E-state index in [-0.39, 0.29) is 0 Å². The highest BCUT2D eigenvalue weighted by Crippen LogP contribution is 2.30. The SMILES string of the molecule is C=C(Nc1ccccc1N)c1ccc(Nc2nc(-c3c(C)nc4ccc(C)cn34)cs2)cc1. The molecule has 2 aromatic carbocycles. The van der Waals surface area contributed by atoms with Crippen molar-refractivity contribution in [3.63, 3.8) is 0 Å². The van der Waals surface area contributed by atoms with Gasteiger partial charge in [-0.05, 0) is 55.3 Å². The summed E-state index contributed by atoms with van der Waals surface area (Å²) in [5.74, 6) is 0. The number of nitrogens with zero attached hydrogens (tertiary/aromatic N) is 3. The maximum absolute atomic E-state index is 6.02. The fraction of sp³-hybridized carbons (Fsp3) is 0.0769. The van der Waals surface area contributed by atoms with Crippen molar-refractivity contribution >= 4 is 44.9 Å². The van der Waals surface area contributed by atoms with Gasteiger partial charge in [-0.3, -0.25) is 4.40 Å². The van der Waals surface area contributed by atoms with E-state index in [1.54, 1.807) is 11.3 Å². The topological polar surface area (TPSA) is 80.3 Å². The lowest BCUT2D eigenvalue weighted by molar-refractivity contribution is 1.15. The van der Waals surface area contributed by atoms with E-state index in [1.807, 2.05) is 61.5 Å². The molecular formula is C26H24N6S. The van der Waals surface area contributed by atoms with Crippen LogP contribution in [0.5, 0.6) is 0 Å². The molecule has 164 valence electrons. The molecular weight excluding hydrogens is 428 g/mol. The van der Waals surface area contributed by atoms with E-state index in [0.717, 1.165) is 50.5 Å². The maximum Gasteiger partial charge on any atom is 0.187 e. The van der Waals surface area contributed by atoms with Crippen LogP contribution in [-0.4, -0.2) is 14.4 Å². The Morgan fingerprint density at radius 2 is 1.79 bits per heavy atom. The number of benzene rings is 2. The Hall–Kier alpha value is -4.10. The minimum Gasteiger partial charge on any atom is -0.397 e. The van der Waals surface area contributed by atoms with Crippen molar-refractivity contribution in [1.29, 1.82) is 0 Å². The standard InChI is InChI=1S/C26H24N6S/c1-16-8-13-24-29-18(3)25(32(24)14-16)23-15-33-26(31-23)30-20-11-9-19(10-12-20)17(2)28-22-7-5-4-6-21(22)27/h4-15,28H,2,27H2,1,3H3,(H,30,31). The third-order valence-corrected chi connectivity index (χ3v) is 6.18. The number of para-hydroxylation sites is 2. The average molecular weight is 453 g/mol. The number of hydrogen-bond acceptors (Lipinski definition) is 6. The zero-order valence-electron chi connectivity index (χ0n) is 18.5. The van der Waals surface area contributed by atoms with Gasteiger partial charge in [0.25, 0.3) is 0 Å². The lowest BCUT2D eigenvalue weighted by Gasteiger charge is -2.12. The third-order valence-electron chi connectivity index (χ3n) is 5.42. The van der Waals surface area contributed by atoms with Gasteiger partial charge >= 0.3 is 0 Å². The molecule has 6 nitrogen and oxygen atoms in total. The number of aryl methyl sites for hydroxylation is 2. The summed E-state index contributed by atoms with van der Waals surface area (Å²) in [6, 6.07) is 19.8. The van der Waals surface area contributed by atoms with Crippen LogP contribution >= 0.6 is 11.3 Å². The number of fused-ring (bicyclic) bond motifs is 1. The van der Waals surface area contributed by atoms with E-state index < -0.39 is 0 Å². The Bertz CT molecular complexity index is 1460. The van der Waals surface area contributed by atoms with Crippen LogP contribution in [0.4, 0.5) is 22.2 Å². The monoisotopic (exact) mass is 452 g/mol. The van der Waals surface area contributed by atoms with Crippen molar-refractivity contribution in [3.05, 3.63) is 95.6 Å². The zero-order valence-corrected chi connectivity index (χ0v) is 19.3. The molecule has 5 aromatic rings. The second-order valence-corrected chi connectivity index (χ2v) is 8.77. The van der Waals surface area contributed by atoms with Gasteiger partial charge in [0.1, 0.15) is 11.3 Å². The Morgan fingerprint density at radius 1 is 1.00 bits per heavy atom. The number of nitrogens with two attached hydrogens (primary N) is 1. The minimum absolute atomic E-state index is 0.688. The highest BCUT2D eigenvalue weighted by atomic mass is 32.1. The summed E-state index contributed by atoms with van der Waals surface area (Å²) in [7, 11) is 0. The fourth-order valence-electron chi connectivity index (χ4n) is 3.74. The molecule has 0 aliphatic carbocycles. The van der Waals surface area contributed by atoms with Crippen LogP contribution in [0.2, 0.25) is 0 Å². The Labute approximate surface area is 196 Å². The fourth-order valence-corrected chi connectivity index (χ4v) is 4.46. The summed E-state index contributed by atoms with van der Waals surface area (Å²) in [5.41, 5.74) is 15.3. The van der Waals surface area contributed by atoms with Gasteiger partial charge in [-0.25, -0.2) is 9.97 Å². The molecule has 0 fully saturated rings. The third kappa shape index (κ3) is 4.18. The van der Waals surface area contributed by atoms with E-state index in [0.29, 0.717) is 5.69 Å². The summed E-state index contributed by atoms with van der Waals surface area (Å²) in [6.07, 6.45) is 2.10. The van der Waals surface area contributed by atoms with E-state index in [2.05, 4.69) is 51.2 Å². The number of hydrogen-bond donors (Lipinski definition) is 3. The molecule has 0 spiro atoms. The molecule has 0 radical (unpaired) electrons. The van der Waals surface area contributed by atoms with Crippen LogP contribution in [-0.2, 0) is 0 Å². The Morgan fingerprint density at radius 3 is 2.58 bits per heavy atom. The largest absolute Gasteiger partial charge is 0.397 e. The molecule has 0 unspecified atom stereocenters. The Balaban J connectivity index is 1.32. The minimum atomic E-state index is 0.688. The first kappa shape index (κ1) is 20.8. The lowest BCUT2D eigenvalue weighted by atomic mass is 10.1. The molecule has 0 aliphatic rings. The van der Waals surface area contributed by atoms with Crippen LogP contribution in [0.1, 0.15) is 16.8 Å². The van der Waals surface area contributed by atoms with Crippen LogP contribution < -0.4 is 16.4 Å². The summed E-state index contributed by atoms with van der Waals surface area (Å²) < 4.78 is 2.11. The number of aromatic nitrogens is 3. The maximum atomic E-state index is 6.02. The van der Waals surface area contributed by atoms with Crippen molar-refractivity contribution in [2.24, 2.45) is 0 Å². The molecule has 7 heteroatoms. The highest BCUT2D eigenvalue weighted by Gasteiger charge is 2.14. The number of anilines is 4. The molecule has 0 bridgehead atoms. The quantitative estimate of drug-likeness (QED) is 0.257.